The van der Waals surface area contributed by atoms with Crippen LogP contribution in [0.3, 0.4) is 0 Å². The molecule has 0 amide bonds. The second-order valence-electron chi connectivity index (χ2n) is 4.03. The molecule has 1 aromatic carbocycles. The fourth-order valence-corrected chi connectivity index (χ4v) is 2.00. The summed E-state index contributed by atoms with van der Waals surface area (Å²) in [4.78, 5) is 10.9. The molecule has 0 saturated heterocycles. The van der Waals surface area contributed by atoms with E-state index < -0.39 is 0 Å². The van der Waals surface area contributed by atoms with Gasteiger partial charge in [-0.3, -0.25) is 4.99 Å². The molecule has 0 aliphatic carbocycles. The molecule has 7 N–H and O–H groups in total. The third-order valence-corrected chi connectivity index (χ3v) is 2.86. The third-order valence-electron chi connectivity index (χ3n) is 2.63. The Hall–Kier alpha value is -2.21. The lowest BCUT2D eigenvalue weighted by atomic mass is 10.1. The van der Waals surface area contributed by atoms with Crippen LogP contribution in [0.15, 0.2) is 34.4 Å². The maximum absolute atomic E-state index is 5.93. The molecular weight excluding hydrogens is 264 g/mol. The van der Waals surface area contributed by atoms with Crippen LogP contribution in [-0.2, 0) is 6.42 Å². The number of nitrogens with zero attached hydrogens (tertiary/aromatic N) is 2. The number of guanidine groups is 2. The molecule has 0 aliphatic heterocycles. The summed E-state index contributed by atoms with van der Waals surface area (Å²) >= 11 is 5.93. The van der Waals surface area contributed by atoms with Gasteiger partial charge in [0.25, 0.3) is 0 Å². The van der Waals surface area contributed by atoms with Crippen molar-refractivity contribution in [2.45, 2.75) is 6.42 Å². The van der Waals surface area contributed by atoms with Crippen LogP contribution in [0, 0.1) is 0 Å². The van der Waals surface area contributed by atoms with Crippen LogP contribution in [-0.4, -0.2) is 23.4 Å². The van der Waals surface area contributed by atoms with Gasteiger partial charge in [-0.05, 0) is 24.1 Å². The third kappa shape index (κ3) is 3.38. The average molecular weight is 279 g/mol. The summed E-state index contributed by atoms with van der Waals surface area (Å²) in [6.45, 7) is 0.512. The van der Waals surface area contributed by atoms with Crippen LogP contribution >= 0.6 is 11.6 Å². The monoisotopic (exact) mass is 278 g/mol. The quantitative estimate of drug-likeness (QED) is 0.494. The molecule has 100 valence electrons. The standard InChI is InChI=1S/C12H15ClN6/c13-8-1-2-9-7(6-18-10(9)5-8)3-4-17-12(16)19-11(14)15/h1-2,5-6,18H,3-4H2,(H6,14,15,16,17,19). The highest BCUT2D eigenvalue weighted by molar-refractivity contribution is 6.31. The van der Waals surface area contributed by atoms with Crippen LogP contribution in [0.25, 0.3) is 10.9 Å². The molecule has 0 bridgehead atoms. The lowest BCUT2D eigenvalue weighted by Gasteiger charge is -1.98. The van der Waals surface area contributed by atoms with Gasteiger partial charge in [0.05, 0.1) is 0 Å². The van der Waals surface area contributed by atoms with Gasteiger partial charge in [0, 0.05) is 28.7 Å². The topological polar surface area (TPSA) is 119 Å². The molecule has 7 heteroatoms. The smallest absolute Gasteiger partial charge is 0.218 e. The summed E-state index contributed by atoms with van der Waals surface area (Å²) in [6, 6.07) is 5.72. The molecule has 2 rings (SSSR count). The summed E-state index contributed by atoms with van der Waals surface area (Å²) in [5, 5.41) is 1.83. The van der Waals surface area contributed by atoms with E-state index in [9.17, 15) is 0 Å². The SMILES string of the molecule is NC(N)=NC(N)=NCCc1c[nH]c2cc(Cl)ccc12. The lowest BCUT2D eigenvalue weighted by molar-refractivity contribution is 0.969. The molecule has 0 atom stereocenters. The Morgan fingerprint density at radius 3 is 2.79 bits per heavy atom. The Morgan fingerprint density at radius 2 is 2.05 bits per heavy atom. The normalized spacial score (nSPS) is 11.7. The number of aromatic amines is 1. The largest absolute Gasteiger partial charge is 0.370 e. The van der Waals surface area contributed by atoms with E-state index in [0.717, 1.165) is 22.9 Å². The summed E-state index contributed by atoms with van der Waals surface area (Å²) in [5.74, 6) is -0.00845. The molecule has 1 aromatic heterocycles. The number of halogens is 1. The Bertz CT molecular complexity index is 639. The number of benzene rings is 1. The predicted molar refractivity (Wildman–Crippen MR) is 79.3 cm³/mol. The summed E-state index contributed by atoms with van der Waals surface area (Å²) < 4.78 is 0. The van der Waals surface area contributed by atoms with Crippen LogP contribution in [0.4, 0.5) is 0 Å². The fourth-order valence-electron chi connectivity index (χ4n) is 1.82. The molecule has 0 unspecified atom stereocenters. The number of rotatable bonds is 3. The van der Waals surface area contributed by atoms with Gasteiger partial charge in [-0.1, -0.05) is 17.7 Å². The number of aromatic nitrogens is 1. The number of hydrogen-bond donors (Lipinski definition) is 4. The molecule has 2 aromatic rings. The van der Waals surface area contributed by atoms with E-state index in [1.165, 1.54) is 0 Å². The van der Waals surface area contributed by atoms with Gasteiger partial charge >= 0.3 is 0 Å². The minimum atomic E-state index is -0.0945. The van der Waals surface area contributed by atoms with E-state index >= 15 is 0 Å². The van der Waals surface area contributed by atoms with Crippen LogP contribution in [0.2, 0.25) is 5.02 Å². The van der Waals surface area contributed by atoms with Gasteiger partial charge in [0.2, 0.25) is 5.96 Å². The van der Waals surface area contributed by atoms with E-state index in [4.69, 9.17) is 28.8 Å². The highest BCUT2D eigenvalue weighted by Gasteiger charge is 2.03. The van der Waals surface area contributed by atoms with Gasteiger partial charge in [-0.2, -0.15) is 4.99 Å². The molecule has 0 spiro atoms. The van der Waals surface area contributed by atoms with E-state index in [-0.39, 0.29) is 11.9 Å². The molecule has 19 heavy (non-hydrogen) atoms. The summed E-state index contributed by atoms with van der Waals surface area (Å²) in [7, 11) is 0. The Balaban J connectivity index is 2.08. The van der Waals surface area contributed by atoms with Crippen molar-refractivity contribution >= 4 is 34.4 Å². The average Bonchev–Trinajstić information content (AvgIpc) is 2.70. The van der Waals surface area contributed by atoms with Crippen molar-refractivity contribution in [2.24, 2.45) is 27.2 Å². The zero-order valence-corrected chi connectivity index (χ0v) is 11.0. The van der Waals surface area contributed by atoms with Gasteiger partial charge in [-0.15, -0.1) is 0 Å². The molecule has 0 aliphatic rings. The van der Waals surface area contributed by atoms with Crippen molar-refractivity contribution < 1.29 is 0 Å². The fraction of sp³-hybridized carbons (Fsp3) is 0.167. The first kappa shape index (κ1) is 13.2. The van der Waals surface area contributed by atoms with Gasteiger partial charge in [0.15, 0.2) is 5.96 Å². The maximum atomic E-state index is 5.93. The number of aliphatic imine (C=N–C) groups is 2. The molecule has 1 heterocycles. The van der Waals surface area contributed by atoms with Crippen molar-refractivity contribution in [3.63, 3.8) is 0 Å². The first-order valence-electron chi connectivity index (χ1n) is 5.71. The van der Waals surface area contributed by atoms with Crippen molar-refractivity contribution in [1.29, 1.82) is 0 Å². The number of nitrogens with one attached hydrogen (secondary N) is 1. The van der Waals surface area contributed by atoms with Gasteiger partial charge < -0.3 is 22.2 Å². The number of hydrogen-bond acceptors (Lipinski definition) is 1. The highest BCUT2D eigenvalue weighted by atomic mass is 35.5. The van der Waals surface area contributed by atoms with Crippen molar-refractivity contribution in [2.75, 3.05) is 6.54 Å². The first-order valence-corrected chi connectivity index (χ1v) is 6.09. The van der Waals surface area contributed by atoms with E-state index in [1.54, 1.807) is 0 Å². The van der Waals surface area contributed by atoms with Crippen molar-refractivity contribution in [1.82, 2.24) is 4.98 Å². The Labute approximate surface area is 115 Å². The van der Waals surface area contributed by atoms with E-state index in [0.29, 0.717) is 11.6 Å². The van der Waals surface area contributed by atoms with Crippen LogP contribution in [0.5, 0.6) is 0 Å². The molecule has 0 saturated carbocycles. The zero-order valence-electron chi connectivity index (χ0n) is 10.2. The first-order chi connectivity index (χ1) is 9.06. The Morgan fingerprint density at radius 1 is 1.26 bits per heavy atom. The van der Waals surface area contributed by atoms with E-state index in [1.807, 2.05) is 24.4 Å². The van der Waals surface area contributed by atoms with E-state index in [2.05, 4.69) is 15.0 Å². The number of fused-ring (bicyclic) bond motifs is 1. The van der Waals surface area contributed by atoms with Gasteiger partial charge in [0.1, 0.15) is 0 Å². The number of nitrogens with two attached hydrogens (primary N) is 3. The second-order valence-corrected chi connectivity index (χ2v) is 4.47. The minimum absolute atomic E-state index is 0.0860. The lowest BCUT2D eigenvalue weighted by Crippen LogP contribution is -2.26. The second kappa shape index (κ2) is 5.62. The van der Waals surface area contributed by atoms with Gasteiger partial charge in [-0.25, -0.2) is 0 Å². The highest BCUT2D eigenvalue weighted by Crippen LogP contribution is 2.22. The molecular formula is C12H15ClN6. The predicted octanol–water partition coefficient (Wildman–Crippen LogP) is 0.952. The summed E-state index contributed by atoms with van der Waals surface area (Å²) in [5.41, 5.74) is 18.1. The van der Waals surface area contributed by atoms with Crippen molar-refractivity contribution in [3.8, 4) is 0 Å². The minimum Gasteiger partial charge on any atom is -0.370 e. The molecule has 0 fully saturated rings. The zero-order chi connectivity index (χ0) is 13.8. The Kier molecular flexibility index (Phi) is 3.91. The molecule has 0 radical (unpaired) electrons. The summed E-state index contributed by atoms with van der Waals surface area (Å²) in [6.07, 6.45) is 2.68. The van der Waals surface area contributed by atoms with Crippen LogP contribution in [0.1, 0.15) is 5.56 Å². The van der Waals surface area contributed by atoms with Crippen LogP contribution < -0.4 is 17.2 Å². The van der Waals surface area contributed by atoms with Crippen molar-refractivity contribution in [3.05, 3.63) is 35.0 Å². The maximum Gasteiger partial charge on any atom is 0.218 e. The number of H-pyrrole nitrogens is 1. The molecule has 6 nitrogen and oxygen atoms in total.